The normalized spacial score (nSPS) is 26.7. The molecule has 1 amide bonds. The van der Waals surface area contributed by atoms with E-state index >= 15 is 0 Å². The van der Waals surface area contributed by atoms with Crippen molar-refractivity contribution >= 4 is 12.0 Å². The zero-order valence-corrected chi connectivity index (χ0v) is 15.9. The highest BCUT2D eigenvalue weighted by Gasteiger charge is 2.46. The van der Waals surface area contributed by atoms with E-state index < -0.39 is 43.2 Å². The third-order valence-corrected chi connectivity index (χ3v) is 4.57. The molecule has 0 aliphatic carbocycles. The molecule has 29 heavy (non-hydrogen) atoms. The van der Waals surface area contributed by atoms with Gasteiger partial charge in [0.2, 0.25) is 12.2 Å². The van der Waals surface area contributed by atoms with E-state index in [1.165, 1.54) is 6.92 Å². The van der Waals surface area contributed by atoms with E-state index in [1.807, 2.05) is 24.3 Å². The van der Waals surface area contributed by atoms with Gasteiger partial charge in [-0.3, -0.25) is 4.79 Å². The van der Waals surface area contributed by atoms with Crippen molar-refractivity contribution in [2.24, 2.45) is 0 Å². The molecule has 1 aromatic heterocycles. The predicted octanol–water partition coefficient (Wildman–Crippen LogP) is -0.708. The molecular formula is C19H24N4O6. The smallest absolute Gasteiger partial charge is 0.255 e. The zero-order valence-electron chi connectivity index (χ0n) is 15.9. The van der Waals surface area contributed by atoms with Gasteiger partial charge in [-0.1, -0.05) is 47.2 Å². The first kappa shape index (κ1) is 20.9. The van der Waals surface area contributed by atoms with Gasteiger partial charge in [0.1, 0.15) is 24.4 Å². The van der Waals surface area contributed by atoms with Crippen LogP contribution in [0, 0.1) is 0 Å². The first-order valence-electron chi connectivity index (χ1n) is 9.09. The van der Waals surface area contributed by atoms with Crippen LogP contribution in [0.15, 0.2) is 37.0 Å². The molecule has 2 heterocycles. The van der Waals surface area contributed by atoms with Crippen molar-refractivity contribution in [1.82, 2.24) is 20.3 Å². The monoisotopic (exact) mass is 404 g/mol. The zero-order chi connectivity index (χ0) is 21.0. The van der Waals surface area contributed by atoms with E-state index in [4.69, 9.17) is 9.47 Å². The molecule has 0 spiro atoms. The quantitative estimate of drug-likeness (QED) is 0.475. The van der Waals surface area contributed by atoms with Crippen LogP contribution in [0.2, 0.25) is 0 Å². The minimum atomic E-state index is -1.40. The van der Waals surface area contributed by atoms with Crippen LogP contribution in [0.4, 0.5) is 0 Å². The predicted molar refractivity (Wildman–Crippen MR) is 102 cm³/mol. The van der Waals surface area contributed by atoms with E-state index in [9.17, 15) is 20.1 Å². The van der Waals surface area contributed by atoms with Crippen molar-refractivity contribution in [2.75, 3.05) is 6.61 Å². The topological polar surface area (TPSA) is 139 Å². The molecule has 2 aromatic rings. The van der Waals surface area contributed by atoms with Crippen molar-refractivity contribution in [3.8, 4) is 5.88 Å². The van der Waals surface area contributed by atoms with Crippen LogP contribution in [0.5, 0.6) is 5.88 Å². The van der Waals surface area contributed by atoms with Crippen molar-refractivity contribution < 1.29 is 29.6 Å². The fraction of sp³-hybridized carbons (Fsp3) is 0.421. The number of aromatic nitrogens is 3. The fourth-order valence-corrected chi connectivity index (χ4v) is 3.05. The largest absolute Gasteiger partial charge is 0.443 e. The lowest BCUT2D eigenvalue weighted by Crippen LogP contribution is -2.65. The number of nitrogens with one attached hydrogen (secondary N) is 1. The maximum Gasteiger partial charge on any atom is 0.255 e. The van der Waals surface area contributed by atoms with E-state index in [0.29, 0.717) is 6.54 Å². The van der Waals surface area contributed by atoms with Crippen LogP contribution in [-0.4, -0.2) is 73.5 Å². The van der Waals surface area contributed by atoms with Gasteiger partial charge >= 0.3 is 0 Å². The molecule has 5 atom stereocenters. The summed E-state index contributed by atoms with van der Waals surface area (Å²) < 4.78 is 12.7. The summed E-state index contributed by atoms with van der Waals surface area (Å²) >= 11 is 0. The molecule has 0 saturated carbocycles. The molecule has 1 aliphatic rings. The maximum atomic E-state index is 11.5. The van der Waals surface area contributed by atoms with Gasteiger partial charge < -0.3 is 30.1 Å². The lowest BCUT2D eigenvalue weighted by Gasteiger charge is -2.41. The Labute approximate surface area is 167 Å². The molecule has 0 radical (unpaired) electrons. The van der Waals surface area contributed by atoms with Crippen LogP contribution in [-0.2, 0) is 16.1 Å². The summed E-state index contributed by atoms with van der Waals surface area (Å²) in [4.78, 5) is 11.5. The number of rotatable bonds is 7. The lowest BCUT2D eigenvalue weighted by molar-refractivity contribution is -0.245. The SMILES string of the molecule is C=Cc1ccc(Cn2cc(O[C@@H]3O[C@H](CO)[C@@H](O)[C@H](O)[C@H]3NC(C)=O)nn2)cc1. The van der Waals surface area contributed by atoms with Crippen LogP contribution in [0.25, 0.3) is 6.08 Å². The summed E-state index contributed by atoms with van der Waals surface area (Å²) in [7, 11) is 0. The number of carbonyl (C=O) groups excluding carboxylic acids is 1. The molecule has 156 valence electrons. The summed E-state index contributed by atoms with van der Waals surface area (Å²) in [5, 5.41) is 40.1. The van der Waals surface area contributed by atoms with Gasteiger partial charge in [-0.15, -0.1) is 0 Å². The number of amides is 1. The van der Waals surface area contributed by atoms with E-state index in [-0.39, 0.29) is 5.88 Å². The number of aliphatic hydroxyl groups is 3. The maximum absolute atomic E-state index is 11.5. The molecule has 0 unspecified atom stereocenters. The van der Waals surface area contributed by atoms with Crippen molar-refractivity contribution in [3.05, 3.63) is 48.2 Å². The third kappa shape index (κ3) is 4.98. The molecule has 10 heteroatoms. The number of hydrogen-bond acceptors (Lipinski definition) is 8. The van der Waals surface area contributed by atoms with Gasteiger partial charge in [0.15, 0.2) is 0 Å². The van der Waals surface area contributed by atoms with Crippen LogP contribution >= 0.6 is 0 Å². The Kier molecular flexibility index (Phi) is 6.60. The molecular weight excluding hydrogens is 380 g/mol. The second kappa shape index (κ2) is 9.14. The van der Waals surface area contributed by atoms with E-state index in [1.54, 1.807) is 17.0 Å². The highest BCUT2D eigenvalue weighted by molar-refractivity contribution is 5.73. The van der Waals surface area contributed by atoms with Crippen LogP contribution < -0.4 is 10.1 Å². The van der Waals surface area contributed by atoms with Gasteiger partial charge in [-0.2, -0.15) is 0 Å². The Morgan fingerprint density at radius 3 is 2.69 bits per heavy atom. The number of hydrogen-bond donors (Lipinski definition) is 4. The first-order valence-corrected chi connectivity index (χ1v) is 9.09. The summed E-state index contributed by atoms with van der Waals surface area (Å²) in [5.74, 6) is -0.333. The van der Waals surface area contributed by atoms with E-state index in [0.717, 1.165) is 11.1 Å². The van der Waals surface area contributed by atoms with Crippen molar-refractivity contribution in [2.45, 2.75) is 44.1 Å². The Hall–Kier alpha value is -2.79. The summed E-state index contributed by atoms with van der Waals surface area (Å²) in [5.41, 5.74) is 2.00. The average molecular weight is 404 g/mol. The van der Waals surface area contributed by atoms with Crippen molar-refractivity contribution in [3.63, 3.8) is 0 Å². The lowest BCUT2D eigenvalue weighted by atomic mass is 9.97. The van der Waals surface area contributed by atoms with Gasteiger partial charge in [-0.05, 0) is 11.1 Å². The Morgan fingerprint density at radius 1 is 1.34 bits per heavy atom. The molecule has 1 saturated heterocycles. The molecule has 10 nitrogen and oxygen atoms in total. The standard InChI is InChI=1S/C19H24N4O6/c1-3-12-4-6-13(7-5-12)8-23-9-15(21-22-23)29-19-16(20-11(2)25)18(27)17(26)14(10-24)28-19/h3-7,9,14,16-19,24,26-27H,1,8,10H2,2H3,(H,20,25)/t14-,16-,17-,18-,19+/m1/s1. The van der Waals surface area contributed by atoms with Gasteiger partial charge in [0.05, 0.1) is 19.3 Å². The summed E-state index contributed by atoms with van der Waals surface area (Å²) in [6, 6.07) is 6.71. The number of ether oxygens (including phenoxy) is 2. The molecule has 1 fully saturated rings. The molecule has 0 bridgehead atoms. The number of nitrogens with zero attached hydrogens (tertiary/aromatic N) is 3. The molecule has 3 rings (SSSR count). The molecule has 4 N–H and O–H groups in total. The van der Waals surface area contributed by atoms with Crippen LogP contribution in [0.1, 0.15) is 18.1 Å². The number of benzene rings is 1. The second-order valence-electron chi connectivity index (χ2n) is 6.75. The first-order chi connectivity index (χ1) is 13.9. The second-order valence-corrected chi connectivity index (χ2v) is 6.75. The number of carbonyl (C=O) groups is 1. The van der Waals surface area contributed by atoms with Gasteiger partial charge in [0.25, 0.3) is 5.88 Å². The minimum Gasteiger partial charge on any atom is -0.443 e. The summed E-state index contributed by atoms with van der Waals surface area (Å²) in [6.07, 6.45) is -1.73. The fourth-order valence-electron chi connectivity index (χ4n) is 3.05. The van der Waals surface area contributed by atoms with E-state index in [2.05, 4.69) is 22.2 Å². The van der Waals surface area contributed by atoms with Gasteiger partial charge in [-0.25, -0.2) is 4.68 Å². The van der Waals surface area contributed by atoms with Gasteiger partial charge in [0, 0.05) is 6.92 Å². The molecule has 1 aliphatic heterocycles. The average Bonchev–Trinajstić information content (AvgIpc) is 3.14. The Bertz CT molecular complexity index is 839. The summed E-state index contributed by atoms with van der Waals surface area (Å²) in [6.45, 7) is 4.91. The number of aliphatic hydroxyl groups excluding tert-OH is 3. The van der Waals surface area contributed by atoms with Crippen LogP contribution in [0.3, 0.4) is 0 Å². The highest BCUT2D eigenvalue weighted by Crippen LogP contribution is 2.23. The molecule has 1 aromatic carbocycles. The Balaban J connectivity index is 1.71. The van der Waals surface area contributed by atoms with Crippen molar-refractivity contribution in [1.29, 1.82) is 0 Å². The highest BCUT2D eigenvalue weighted by atomic mass is 16.7. The third-order valence-electron chi connectivity index (χ3n) is 4.57. The minimum absolute atomic E-state index is 0.105. The Morgan fingerprint density at radius 2 is 2.07 bits per heavy atom.